The van der Waals surface area contributed by atoms with Crippen molar-refractivity contribution in [2.75, 3.05) is 0 Å². The van der Waals surface area contributed by atoms with Crippen LogP contribution in [-0.4, -0.2) is 15.7 Å². The summed E-state index contributed by atoms with van der Waals surface area (Å²) in [5, 5.41) is 1.50. The molecule has 0 spiro atoms. The Labute approximate surface area is 121 Å². The van der Waals surface area contributed by atoms with E-state index in [4.69, 9.17) is 11.6 Å². The van der Waals surface area contributed by atoms with E-state index in [1.807, 2.05) is 0 Å². The van der Waals surface area contributed by atoms with Gasteiger partial charge in [0.15, 0.2) is 0 Å². The number of hydrogen-bond acceptors (Lipinski definition) is 2. The van der Waals surface area contributed by atoms with Gasteiger partial charge in [-0.2, -0.15) is 13.2 Å². The van der Waals surface area contributed by atoms with E-state index in [1.54, 1.807) is 18.2 Å². The molecule has 0 radical (unpaired) electrons. The molecule has 108 valence electrons. The van der Waals surface area contributed by atoms with Crippen LogP contribution in [0.3, 0.4) is 0 Å². The van der Waals surface area contributed by atoms with Crippen LogP contribution in [0.1, 0.15) is 0 Å². The highest BCUT2D eigenvalue weighted by atomic mass is 35.5. The van der Waals surface area contributed by atoms with Gasteiger partial charge in [-0.05, 0) is 23.6 Å². The fourth-order valence-corrected chi connectivity index (χ4v) is 2.51. The largest absolute Gasteiger partial charge is 0.406 e. The zero-order chi connectivity index (χ0) is 15.2. The zero-order valence-electron chi connectivity index (χ0n) is 10.5. The lowest BCUT2D eigenvalue weighted by molar-refractivity contribution is -0.140. The second-order valence-corrected chi connectivity index (χ2v) is 5.03. The summed E-state index contributed by atoms with van der Waals surface area (Å²) >= 11 is 5.86. The average molecular weight is 313 g/mol. The lowest BCUT2D eigenvalue weighted by atomic mass is 10.1. The van der Waals surface area contributed by atoms with Gasteiger partial charge in [-0.25, -0.2) is 0 Å². The van der Waals surface area contributed by atoms with Gasteiger partial charge in [-0.15, -0.1) is 0 Å². The quantitative estimate of drug-likeness (QED) is 0.641. The molecule has 21 heavy (non-hydrogen) atoms. The molecule has 3 nitrogen and oxygen atoms in total. The Bertz CT molecular complexity index is 902. The summed E-state index contributed by atoms with van der Waals surface area (Å²) in [6.07, 6.45) is -1.74. The summed E-state index contributed by atoms with van der Waals surface area (Å²) in [6.45, 7) is -1.37. The highest BCUT2D eigenvalue weighted by Gasteiger charge is 2.29. The highest BCUT2D eigenvalue weighted by molar-refractivity contribution is 6.31. The molecule has 7 heteroatoms. The summed E-state index contributed by atoms with van der Waals surface area (Å²) in [5.74, 6) is 0. The second kappa shape index (κ2) is 4.73. The molecule has 0 N–H and O–H groups in total. The van der Waals surface area contributed by atoms with Crippen molar-refractivity contribution in [1.29, 1.82) is 0 Å². The minimum absolute atomic E-state index is 0.150. The van der Waals surface area contributed by atoms with Gasteiger partial charge in [0.1, 0.15) is 6.54 Å². The molecule has 3 rings (SSSR count). The Balaban J connectivity index is 2.50. The Hall–Kier alpha value is -2.08. The molecule has 0 aliphatic heterocycles. The SMILES string of the molecule is O=c1c2cnccc2c2ccc(Cl)cc2n1CC(F)(F)F. The summed E-state index contributed by atoms with van der Waals surface area (Å²) in [7, 11) is 0. The third kappa shape index (κ3) is 2.47. The minimum atomic E-state index is -4.51. The van der Waals surface area contributed by atoms with Gasteiger partial charge in [0.05, 0.1) is 10.9 Å². The molecule has 0 fully saturated rings. The lowest BCUT2D eigenvalue weighted by Crippen LogP contribution is -2.28. The van der Waals surface area contributed by atoms with Crippen molar-refractivity contribution in [2.24, 2.45) is 0 Å². The van der Waals surface area contributed by atoms with Crippen LogP contribution in [-0.2, 0) is 6.54 Å². The molecular formula is C14H8ClF3N2O. The van der Waals surface area contributed by atoms with Crippen LogP contribution in [0.25, 0.3) is 21.7 Å². The first-order chi connectivity index (χ1) is 9.87. The van der Waals surface area contributed by atoms with Crippen molar-refractivity contribution in [3.63, 3.8) is 0 Å². The molecule has 0 aliphatic carbocycles. The number of rotatable bonds is 1. The fraction of sp³-hybridized carbons (Fsp3) is 0.143. The first-order valence-corrected chi connectivity index (χ1v) is 6.37. The van der Waals surface area contributed by atoms with E-state index >= 15 is 0 Å². The maximum Gasteiger partial charge on any atom is 0.406 e. The highest BCUT2D eigenvalue weighted by Crippen LogP contribution is 2.27. The van der Waals surface area contributed by atoms with Crippen molar-refractivity contribution in [1.82, 2.24) is 9.55 Å². The minimum Gasteiger partial charge on any atom is -0.298 e. The third-order valence-corrected chi connectivity index (χ3v) is 3.41. The fourth-order valence-electron chi connectivity index (χ4n) is 2.35. The molecule has 0 amide bonds. The summed E-state index contributed by atoms with van der Waals surface area (Å²) < 4.78 is 38.9. The molecule has 0 saturated heterocycles. The van der Waals surface area contributed by atoms with Crippen molar-refractivity contribution in [2.45, 2.75) is 12.7 Å². The van der Waals surface area contributed by atoms with E-state index in [0.717, 1.165) is 0 Å². The van der Waals surface area contributed by atoms with Crippen LogP contribution in [0.5, 0.6) is 0 Å². The number of benzene rings is 1. The van der Waals surface area contributed by atoms with Gasteiger partial charge in [0, 0.05) is 22.8 Å². The average Bonchev–Trinajstić information content (AvgIpc) is 2.42. The number of fused-ring (bicyclic) bond motifs is 3. The van der Waals surface area contributed by atoms with Gasteiger partial charge < -0.3 is 0 Å². The van der Waals surface area contributed by atoms with Crippen LogP contribution in [0.2, 0.25) is 5.02 Å². The predicted octanol–water partition coefficient (Wildman–Crippen LogP) is 3.77. The molecule has 3 aromatic rings. The smallest absolute Gasteiger partial charge is 0.298 e. The molecule has 2 heterocycles. The van der Waals surface area contributed by atoms with E-state index in [0.29, 0.717) is 15.3 Å². The van der Waals surface area contributed by atoms with Gasteiger partial charge in [0.2, 0.25) is 0 Å². The Morgan fingerprint density at radius 2 is 1.90 bits per heavy atom. The third-order valence-electron chi connectivity index (χ3n) is 3.17. The first-order valence-electron chi connectivity index (χ1n) is 5.99. The normalized spacial score (nSPS) is 12.2. The molecule has 0 aliphatic rings. The van der Waals surface area contributed by atoms with Gasteiger partial charge in [-0.1, -0.05) is 17.7 Å². The van der Waals surface area contributed by atoms with Crippen LogP contribution in [0.15, 0.2) is 41.5 Å². The summed E-state index contributed by atoms with van der Waals surface area (Å²) in [5.41, 5.74) is -0.575. The molecule has 2 aromatic heterocycles. The predicted molar refractivity (Wildman–Crippen MR) is 74.6 cm³/mol. The maximum atomic E-state index is 12.7. The van der Waals surface area contributed by atoms with Crippen LogP contribution >= 0.6 is 11.6 Å². The molecule has 0 unspecified atom stereocenters. The number of nitrogens with zero attached hydrogens (tertiary/aromatic N) is 2. The molecule has 0 saturated carbocycles. The molecule has 0 bridgehead atoms. The number of halogens is 4. The number of hydrogen-bond donors (Lipinski definition) is 0. The standard InChI is InChI=1S/C14H8ClF3N2O/c15-8-1-2-10-9-3-4-19-6-11(9)13(21)20(12(10)5-8)7-14(16,17)18/h1-6H,7H2. The van der Waals surface area contributed by atoms with E-state index in [2.05, 4.69) is 4.98 Å². The number of alkyl halides is 3. The van der Waals surface area contributed by atoms with E-state index in [9.17, 15) is 18.0 Å². The second-order valence-electron chi connectivity index (χ2n) is 4.59. The van der Waals surface area contributed by atoms with Crippen molar-refractivity contribution < 1.29 is 13.2 Å². The molecular weight excluding hydrogens is 305 g/mol. The van der Waals surface area contributed by atoms with Gasteiger partial charge >= 0.3 is 6.18 Å². The number of pyridine rings is 2. The topological polar surface area (TPSA) is 34.9 Å². The van der Waals surface area contributed by atoms with Crippen molar-refractivity contribution in [3.8, 4) is 0 Å². The van der Waals surface area contributed by atoms with Crippen LogP contribution in [0.4, 0.5) is 13.2 Å². The van der Waals surface area contributed by atoms with E-state index in [-0.39, 0.29) is 15.9 Å². The summed E-state index contributed by atoms with van der Waals surface area (Å²) in [6, 6.07) is 6.15. The first kappa shape index (κ1) is 13.9. The Morgan fingerprint density at radius 3 is 2.62 bits per heavy atom. The Kier molecular flexibility index (Phi) is 3.13. The van der Waals surface area contributed by atoms with Gasteiger partial charge in [0.25, 0.3) is 5.56 Å². The van der Waals surface area contributed by atoms with Crippen molar-refractivity contribution >= 4 is 33.3 Å². The summed E-state index contributed by atoms with van der Waals surface area (Å²) in [4.78, 5) is 16.1. The number of aromatic nitrogens is 2. The van der Waals surface area contributed by atoms with Gasteiger partial charge in [-0.3, -0.25) is 14.3 Å². The molecule has 0 atom stereocenters. The lowest BCUT2D eigenvalue weighted by Gasteiger charge is -2.14. The van der Waals surface area contributed by atoms with Crippen LogP contribution in [0, 0.1) is 0 Å². The van der Waals surface area contributed by atoms with Crippen molar-refractivity contribution in [3.05, 3.63) is 52.0 Å². The maximum absolute atomic E-state index is 12.7. The molecule has 1 aromatic carbocycles. The van der Waals surface area contributed by atoms with E-state index < -0.39 is 18.3 Å². The van der Waals surface area contributed by atoms with E-state index in [1.165, 1.54) is 18.5 Å². The van der Waals surface area contributed by atoms with Crippen LogP contribution < -0.4 is 5.56 Å². The monoisotopic (exact) mass is 312 g/mol. The Morgan fingerprint density at radius 1 is 1.14 bits per heavy atom. The zero-order valence-corrected chi connectivity index (χ0v) is 11.2.